The van der Waals surface area contributed by atoms with Gasteiger partial charge in [0.2, 0.25) is 0 Å². The van der Waals surface area contributed by atoms with E-state index in [2.05, 4.69) is 5.32 Å². The molecule has 1 aromatic rings. The minimum absolute atomic E-state index is 0.108. The van der Waals surface area contributed by atoms with Crippen LogP contribution in [0.4, 0.5) is 11.4 Å². The number of nitro benzene ring substituents is 1. The van der Waals surface area contributed by atoms with E-state index in [1.807, 2.05) is 6.92 Å². The monoisotopic (exact) mass is 238 g/mol. The van der Waals surface area contributed by atoms with Gasteiger partial charge in [-0.1, -0.05) is 0 Å². The van der Waals surface area contributed by atoms with Crippen molar-refractivity contribution in [2.75, 3.05) is 11.9 Å². The summed E-state index contributed by atoms with van der Waals surface area (Å²) in [4.78, 5) is 10.2. The molecule has 0 saturated heterocycles. The molecule has 1 rings (SSSR count). The highest BCUT2D eigenvalue weighted by molar-refractivity contribution is 5.55. The molecule has 0 spiro atoms. The molecule has 0 aromatic heterocycles. The van der Waals surface area contributed by atoms with Crippen molar-refractivity contribution < 1.29 is 10.0 Å². The number of hydrogen-bond donors (Lipinski definition) is 2. The lowest BCUT2D eigenvalue weighted by Crippen LogP contribution is -2.07. The molecule has 0 aliphatic rings. The van der Waals surface area contributed by atoms with E-state index in [1.165, 1.54) is 6.07 Å². The van der Waals surface area contributed by atoms with Gasteiger partial charge in [-0.25, -0.2) is 0 Å². The summed E-state index contributed by atoms with van der Waals surface area (Å²) in [5, 5.41) is 22.9. The molecule has 5 heteroatoms. The summed E-state index contributed by atoms with van der Waals surface area (Å²) < 4.78 is 0. The number of nitrogens with one attached hydrogen (secondary N) is 1. The fourth-order valence-electron chi connectivity index (χ4n) is 1.58. The van der Waals surface area contributed by atoms with Gasteiger partial charge in [0, 0.05) is 24.4 Å². The quantitative estimate of drug-likeness (QED) is 0.453. The van der Waals surface area contributed by atoms with Gasteiger partial charge < -0.3 is 10.4 Å². The number of hydrogen-bond acceptors (Lipinski definition) is 4. The van der Waals surface area contributed by atoms with Crippen LogP contribution in [-0.4, -0.2) is 22.7 Å². The Kier molecular flexibility index (Phi) is 4.90. The highest BCUT2D eigenvalue weighted by Gasteiger charge is 2.07. The van der Waals surface area contributed by atoms with Gasteiger partial charge in [-0.3, -0.25) is 10.1 Å². The fourth-order valence-corrected chi connectivity index (χ4v) is 1.58. The van der Waals surface area contributed by atoms with Gasteiger partial charge in [-0.15, -0.1) is 0 Å². The predicted molar refractivity (Wildman–Crippen MR) is 67.2 cm³/mol. The van der Waals surface area contributed by atoms with Gasteiger partial charge in [-0.2, -0.15) is 0 Å². The number of anilines is 1. The smallest absolute Gasteiger partial charge is 0.269 e. The lowest BCUT2D eigenvalue weighted by atomic mass is 10.1. The third-order valence-corrected chi connectivity index (χ3v) is 2.53. The molecule has 1 atom stereocenters. The van der Waals surface area contributed by atoms with Crippen LogP contribution in [0.25, 0.3) is 0 Å². The molecule has 2 N–H and O–H groups in total. The molecular formula is C12H18N2O3. The van der Waals surface area contributed by atoms with Crippen molar-refractivity contribution >= 4 is 11.4 Å². The van der Waals surface area contributed by atoms with Crippen LogP contribution >= 0.6 is 0 Å². The lowest BCUT2D eigenvalue weighted by Gasteiger charge is -2.09. The summed E-state index contributed by atoms with van der Waals surface area (Å²) in [7, 11) is 0. The van der Waals surface area contributed by atoms with Gasteiger partial charge in [0.25, 0.3) is 5.69 Å². The Morgan fingerprint density at radius 3 is 2.76 bits per heavy atom. The molecule has 5 nitrogen and oxygen atoms in total. The predicted octanol–water partition coefficient (Wildman–Crippen LogP) is 2.48. The van der Waals surface area contributed by atoms with Gasteiger partial charge in [0.1, 0.15) is 0 Å². The molecule has 1 aromatic carbocycles. The molecule has 0 saturated carbocycles. The van der Waals surface area contributed by atoms with E-state index < -0.39 is 4.92 Å². The molecule has 94 valence electrons. The Bertz CT molecular complexity index is 391. The number of aryl methyl sites for hydroxylation is 1. The summed E-state index contributed by atoms with van der Waals surface area (Å²) in [6.45, 7) is 4.35. The van der Waals surface area contributed by atoms with Crippen molar-refractivity contribution in [3.8, 4) is 0 Å². The van der Waals surface area contributed by atoms with Crippen LogP contribution in [0.1, 0.15) is 25.3 Å². The van der Waals surface area contributed by atoms with Crippen molar-refractivity contribution in [3.63, 3.8) is 0 Å². The molecule has 17 heavy (non-hydrogen) atoms. The van der Waals surface area contributed by atoms with Crippen LogP contribution in [0, 0.1) is 17.0 Å². The van der Waals surface area contributed by atoms with Crippen LogP contribution in [0.5, 0.6) is 0 Å². The van der Waals surface area contributed by atoms with E-state index in [4.69, 9.17) is 5.11 Å². The zero-order valence-corrected chi connectivity index (χ0v) is 10.1. The van der Waals surface area contributed by atoms with E-state index >= 15 is 0 Å². The van der Waals surface area contributed by atoms with Crippen LogP contribution in [0.3, 0.4) is 0 Å². The second kappa shape index (κ2) is 6.20. The highest BCUT2D eigenvalue weighted by atomic mass is 16.6. The number of non-ortho nitro benzene ring substituents is 1. The number of nitrogens with zero attached hydrogens (tertiary/aromatic N) is 1. The standard InChI is InChI=1S/C12H18N2O3/c1-9-8-11(14(16)17)5-6-12(9)13-7-3-4-10(2)15/h5-6,8,10,13,15H,3-4,7H2,1-2H3. The number of aliphatic hydroxyl groups is 1. The highest BCUT2D eigenvalue weighted by Crippen LogP contribution is 2.21. The number of nitro groups is 1. The minimum Gasteiger partial charge on any atom is -0.393 e. The maximum atomic E-state index is 10.6. The van der Waals surface area contributed by atoms with Crippen molar-refractivity contribution in [1.82, 2.24) is 0 Å². The van der Waals surface area contributed by atoms with Crippen LogP contribution in [-0.2, 0) is 0 Å². The topological polar surface area (TPSA) is 75.4 Å². The maximum Gasteiger partial charge on any atom is 0.269 e. The van der Waals surface area contributed by atoms with E-state index in [-0.39, 0.29) is 11.8 Å². The third kappa shape index (κ3) is 4.40. The Hall–Kier alpha value is -1.62. The fraction of sp³-hybridized carbons (Fsp3) is 0.500. The summed E-state index contributed by atoms with van der Waals surface area (Å²) in [5.74, 6) is 0. The Morgan fingerprint density at radius 1 is 1.53 bits per heavy atom. The van der Waals surface area contributed by atoms with E-state index in [0.717, 1.165) is 30.6 Å². The van der Waals surface area contributed by atoms with Crippen LogP contribution in [0.15, 0.2) is 18.2 Å². The van der Waals surface area contributed by atoms with Crippen molar-refractivity contribution in [3.05, 3.63) is 33.9 Å². The largest absolute Gasteiger partial charge is 0.393 e. The SMILES string of the molecule is Cc1cc([N+](=O)[O-])ccc1NCCCC(C)O. The average molecular weight is 238 g/mol. The second-order valence-corrected chi connectivity index (χ2v) is 4.17. The van der Waals surface area contributed by atoms with Crippen LogP contribution < -0.4 is 5.32 Å². The molecule has 0 aliphatic heterocycles. The first-order valence-corrected chi connectivity index (χ1v) is 5.67. The van der Waals surface area contributed by atoms with E-state index in [9.17, 15) is 10.1 Å². The van der Waals surface area contributed by atoms with Gasteiger partial charge in [0.15, 0.2) is 0 Å². The van der Waals surface area contributed by atoms with Gasteiger partial charge in [-0.05, 0) is 38.3 Å². The summed E-state index contributed by atoms with van der Waals surface area (Å²) in [6.07, 6.45) is 1.34. The van der Waals surface area contributed by atoms with E-state index in [1.54, 1.807) is 19.1 Å². The third-order valence-electron chi connectivity index (χ3n) is 2.53. The first kappa shape index (κ1) is 13.4. The first-order valence-electron chi connectivity index (χ1n) is 5.67. The zero-order valence-electron chi connectivity index (χ0n) is 10.1. The molecule has 0 bridgehead atoms. The zero-order chi connectivity index (χ0) is 12.8. The molecule has 1 unspecified atom stereocenters. The molecule has 0 heterocycles. The average Bonchev–Trinajstić information content (AvgIpc) is 2.25. The molecule has 0 fully saturated rings. The molecule has 0 amide bonds. The maximum absolute atomic E-state index is 10.6. The van der Waals surface area contributed by atoms with Gasteiger partial charge in [0.05, 0.1) is 11.0 Å². The molecule has 0 radical (unpaired) electrons. The van der Waals surface area contributed by atoms with Crippen molar-refractivity contribution in [1.29, 1.82) is 0 Å². The lowest BCUT2D eigenvalue weighted by molar-refractivity contribution is -0.384. The summed E-state index contributed by atoms with van der Waals surface area (Å²) in [5.41, 5.74) is 1.87. The molecule has 0 aliphatic carbocycles. The number of aliphatic hydroxyl groups excluding tert-OH is 1. The number of rotatable bonds is 6. The molecular weight excluding hydrogens is 220 g/mol. The van der Waals surface area contributed by atoms with E-state index in [0.29, 0.717) is 0 Å². The first-order chi connectivity index (χ1) is 8.00. The Balaban J connectivity index is 2.52. The minimum atomic E-state index is -0.399. The Labute approximate surface area is 101 Å². The van der Waals surface area contributed by atoms with Crippen molar-refractivity contribution in [2.45, 2.75) is 32.8 Å². The second-order valence-electron chi connectivity index (χ2n) is 4.17. The van der Waals surface area contributed by atoms with Crippen LogP contribution in [0.2, 0.25) is 0 Å². The Morgan fingerprint density at radius 2 is 2.24 bits per heavy atom. The number of benzene rings is 1. The summed E-state index contributed by atoms with van der Waals surface area (Å²) >= 11 is 0. The van der Waals surface area contributed by atoms with Gasteiger partial charge >= 0.3 is 0 Å². The van der Waals surface area contributed by atoms with Crippen molar-refractivity contribution in [2.24, 2.45) is 0 Å². The normalized spacial score (nSPS) is 12.2. The summed E-state index contributed by atoms with van der Waals surface area (Å²) in [6, 6.07) is 4.76.